The fourth-order valence-corrected chi connectivity index (χ4v) is 3.50. The van der Waals surface area contributed by atoms with Crippen LogP contribution in [0, 0.1) is 5.92 Å². The lowest BCUT2D eigenvalue weighted by Gasteiger charge is -2.22. The molecular formula is C13H21NS2. The van der Waals surface area contributed by atoms with E-state index < -0.39 is 0 Å². The SMILES string of the molecule is CSCCC(C)NC(c1cccs1)C1CC1. The number of rotatable bonds is 7. The molecule has 1 N–H and O–H groups in total. The van der Waals surface area contributed by atoms with Gasteiger partial charge in [0, 0.05) is 17.0 Å². The second-order valence-electron chi connectivity index (χ2n) is 4.68. The van der Waals surface area contributed by atoms with Crippen molar-refractivity contribution in [2.45, 2.75) is 38.3 Å². The first kappa shape index (κ1) is 12.5. The minimum Gasteiger partial charge on any atom is -0.306 e. The van der Waals surface area contributed by atoms with Gasteiger partial charge in [0.05, 0.1) is 0 Å². The minimum atomic E-state index is 0.622. The number of thiophene rings is 1. The van der Waals surface area contributed by atoms with Crippen molar-refractivity contribution in [1.82, 2.24) is 5.32 Å². The molecule has 1 aliphatic carbocycles. The van der Waals surface area contributed by atoms with Crippen LogP contribution in [-0.4, -0.2) is 18.1 Å². The Morgan fingerprint density at radius 2 is 2.38 bits per heavy atom. The van der Waals surface area contributed by atoms with E-state index in [4.69, 9.17) is 0 Å². The van der Waals surface area contributed by atoms with Crippen LogP contribution >= 0.6 is 23.1 Å². The lowest BCUT2D eigenvalue weighted by atomic mass is 10.1. The maximum atomic E-state index is 3.81. The molecule has 0 saturated heterocycles. The quantitative estimate of drug-likeness (QED) is 0.792. The minimum absolute atomic E-state index is 0.622. The molecule has 1 aromatic heterocycles. The Balaban J connectivity index is 1.88. The van der Waals surface area contributed by atoms with E-state index in [2.05, 4.69) is 36.0 Å². The van der Waals surface area contributed by atoms with E-state index in [0.717, 1.165) is 5.92 Å². The van der Waals surface area contributed by atoms with Gasteiger partial charge in [0.15, 0.2) is 0 Å². The fourth-order valence-electron chi connectivity index (χ4n) is 2.03. The Morgan fingerprint density at radius 1 is 1.56 bits per heavy atom. The summed E-state index contributed by atoms with van der Waals surface area (Å²) in [7, 11) is 0. The van der Waals surface area contributed by atoms with Gasteiger partial charge in [-0.3, -0.25) is 0 Å². The van der Waals surface area contributed by atoms with E-state index in [-0.39, 0.29) is 0 Å². The van der Waals surface area contributed by atoms with Crippen molar-refractivity contribution in [3.05, 3.63) is 22.4 Å². The van der Waals surface area contributed by atoms with Crippen LogP contribution in [0.15, 0.2) is 17.5 Å². The maximum Gasteiger partial charge on any atom is 0.0445 e. The molecule has 2 rings (SSSR count). The highest BCUT2D eigenvalue weighted by molar-refractivity contribution is 7.98. The predicted octanol–water partition coefficient (Wildman–Crippen LogP) is 3.93. The molecule has 1 saturated carbocycles. The molecule has 1 aromatic rings. The van der Waals surface area contributed by atoms with Crippen molar-refractivity contribution < 1.29 is 0 Å². The van der Waals surface area contributed by atoms with Gasteiger partial charge in [0.2, 0.25) is 0 Å². The summed E-state index contributed by atoms with van der Waals surface area (Å²) in [6.45, 7) is 2.32. The molecule has 1 heterocycles. The van der Waals surface area contributed by atoms with E-state index in [9.17, 15) is 0 Å². The summed E-state index contributed by atoms with van der Waals surface area (Å²) in [5, 5.41) is 6.01. The summed E-state index contributed by atoms with van der Waals surface area (Å²) in [5.41, 5.74) is 0. The highest BCUT2D eigenvalue weighted by atomic mass is 32.2. The zero-order valence-corrected chi connectivity index (χ0v) is 11.7. The maximum absolute atomic E-state index is 3.81. The van der Waals surface area contributed by atoms with Crippen LogP contribution in [0.1, 0.15) is 37.1 Å². The van der Waals surface area contributed by atoms with Crippen molar-refractivity contribution in [2.75, 3.05) is 12.0 Å². The van der Waals surface area contributed by atoms with Crippen molar-refractivity contribution in [3.63, 3.8) is 0 Å². The number of thioether (sulfide) groups is 1. The van der Waals surface area contributed by atoms with Crippen molar-refractivity contribution >= 4 is 23.1 Å². The largest absolute Gasteiger partial charge is 0.306 e. The lowest BCUT2D eigenvalue weighted by molar-refractivity contribution is 0.418. The normalized spacial score (nSPS) is 19.6. The molecule has 3 heteroatoms. The molecule has 0 aromatic carbocycles. The fraction of sp³-hybridized carbons (Fsp3) is 0.692. The summed E-state index contributed by atoms with van der Waals surface area (Å²) in [5.74, 6) is 2.16. The molecule has 0 spiro atoms. The Hall–Kier alpha value is 0.01000. The summed E-state index contributed by atoms with van der Waals surface area (Å²) in [6.07, 6.45) is 6.27. The van der Waals surface area contributed by atoms with Crippen molar-refractivity contribution in [3.8, 4) is 0 Å². The first-order valence-electron chi connectivity index (χ1n) is 6.09. The number of hydrogen-bond acceptors (Lipinski definition) is 3. The second kappa shape index (κ2) is 6.08. The van der Waals surface area contributed by atoms with Crippen LogP contribution in [0.2, 0.25) is 0 Å². The highest BCUT2D eigenvalue weighted by Gasteiger charge is 2.33. The van der Waals surface area contributed by atoms with E-state index in [0.29, 0.717) is 12.1 Å². The molecule has 2 unspecified atom stereocenters. The molecule has 2 atom stereocenters. The third-order valence-electron chi connectivity index (χ3n) is 3.16. The van der Waals surface area contributed by atoms with Crippen LogP contribution in [0.3, 0.4) is 0 Å². The van der Waals surface area contributed by atoms with E-state index in [1.54, 1.807) is 0 Å². The van der Waals surface area contributed by atoms with Gasteiger partial charge in [-0.15, -0.1) is 11.3 Å². The lowest BCUT2D eigenvalue weighted by Crippen LogP contribution is -2.31. The smallest absolute Gasteiger partial charge is 0.0445 e. The van der Waals surface area contributed by atoms with Crippen LogP contribution in [-0.2, 0) is 0 Å². The molecule has 1 nitrogen and oxygen atoms in total. The van der Waals surface area contributed by atoms with E-state index in [1.165, 1.54) is 29.9 Å². The molecule has 0 radical (unpaired) electrons. The summed E-state index contributed by atoms with van der Waals surface area (Å²) >= 11 is 3.84. The molecule has 1 fully saturated rings. The zero-order valence-electron chi connectivity index (χ0n) is 10.1. The molecule has 0 amide bonds. The molecule has 16 heavy (non-hydrogen) atoms. The molecule has 90 valence electrons. The highest BCUT2D eigenvalue weighted by Crippen LogP contribution is 2.42. The van der Waals surface area contributed by atoms with Crippen molar-refractivity contribution in [1.29, 1.82) is 0 Å². The van der Waals surface area contributed by atoms with Gasteiger partial charge in [-0.05, 0) is 55.6 Å². The molecule has 0 aliphatic heterocycles. The van der Waals surface area contributed by atoms with Gasteiger partial charge in [-0.2, -0.15) is 11.8 Å². The van der Waals surface area contributed by atoms with Gasteiger partial charge in [0.1, 0.15) is 0 Å². The van der Waals surface area contributed by atoms with Gasteiger partial charge >= 0.3 is 0 Å². The summed E-state index contributed by atoms with van der Waals surface area (Å²) in [6, 6.07) is 5.71. The van der Waals surface area contributed by atoms with Crippen LogP contribution < -0.4 is 5.32 Å². The Bertz CT molecular complexity index is 293. The first-order valence-corrected chi connectivity index (χ1v) is 8.37. The Labute approximate surface area is 107 Å². The summed E-state index contributed by atoms with van der Waals surface area (Å²) in [4.78, 5) is 1.53. The van der Waals surface area contributed by atoms with Crippen LogP contribution in [0.25, 0.3) is 0 Å². The first-order chi connectivity index (χ1) is 7.81. The predicted molar refractivity (Wildman–Crippen MR) is 75.4 cm³/mol. The molecule has 0 bridgehead atoms. The van der Waals surface area contributed by atoms with Gasteiger partial charge in [0.25, 0.3) is 0 Å². The number of nitrogens with one attached hydrogen (secondary N) is 1. The second-order valence-corrected chi connectivity index (χ2v) is 6.64. The molecular weight excluding hydrogens is 234 g/mol. The Morgan fingerprint density at radius 3 is 2.94 bits per heavy atom. The third-order valence-corrected chi connectivity index (χ3v) is 4.76. The third kappa shape index (κ3) is 3.51. The topological polar surface area (TPSA) is 12.0 Å². The van der Waals surface area contributed by atoms with Gasteiger partial charge < -0.3 is 5.32 Å². The van der Waals surface area contributed by atoms with E-state index in [1.807, 2.05) is 23.1 Å². The Kier molecular flexibility index (Phi) is 4.74. The average molecular weight is 255 g/mol. The van der Waals surface area contributed by atoms with Crippen LogP contribution in [0.4, 0.5) is 0 Å². The average Bonchev–Trinajstić information content (AvgIpc) is 2.98. The summed E-state index contributed by atoms with van der Waals surface area (Å²) < 4.78 is 0. The standard InChI is InChI=1S/C13H21NS2/c1-10(7-9-15-2)14-13(11-5-6-11)12-4-3-8-16-12/h3-4,8,10-11,13-14H,5-7,9H2,1-2H3. The van der Waals surface area contributed by atoms with Gasteiger partial charge in [-0.25, -0.2) is 0 Å². The van der Waals surface area contributed by atoms with E-state index >= 15 is 0 Å². The van der Waals surface area contributed by atoms with Crippen LogP contribution in [0.5, 0.6) is 0 Å². The monoisotopic (exact) mass is 255 g/mol. The number of hydrogen-bond donors (Lipinski definition) is 1. The molecule has 1 aliphatic rings. The zero-order chi connectivity index (χ0) is 11.4. The van der Waals surface area contributed by atoms with Gasteiger partial charge in [-0.1, -0.05) is 6.07 Å². The van der Waals surface area contributed by atoms with Crippen molar-refractivity contribution in [2.24, 2.45) is 5.92 Å².